The second-order valence-corrected chi connectivity index (χ2v) is 5.58. The predicted octanol–water partition coefficient (Wildman–Crippen LogP) is 2.88. The number of rotatable bonds is 7. The summed E-state index contributed by atoms with van der Waals surface area (Å²) >= 11 is 0. The van der Waals surface area contributed by atoms with Crippen LogP contribution in [0.4, 0.5) is 5.69 Å². The van der Waals surface area contributed by atoms with Crippen molar-refractivity contribution in [2.75, 3.05) is 28.4 Å². The molecule has 0 amide bonds. The van der Waals surface area contributed by atoms with Gasteiger partial charge in [-0.2, -0.15) is 0 Å². The highest BCUT2D eigenvalue weighted by molar-refractivity contribution is 5.68. The normalized spacial score (nSPS) is 10.4. The van der Waals surface area contributed by atoms with Gasteiger partial charge in [0.15, 0.2) is 17.2 Å². The van der Waals surface area contributed by atoms with Crippen molar-refractivity contribution < 1.29 is 23.9 Å². The summed E-state index contributed by atoms with van der Waals surface area (Å²) in [5.74, 6) is 1.59. The molecule has 0 aliphatic rings. The van der Waals surface area contributed by atoms with Crippen molar-refractivity contribution in [3.8, 4) is 39.9 Å². The molecule has 1 heterocycles. The maximum Gasteiger partial charge on any atom is 0.313 e. The lowest BCUT2D eigenvalue weighted by Crippen LogP contribution is -1.99. The number of nitro groups is 1. The van der Waals surface area contributed by atoms with Crippen LogP contribution < -0.4 is 18.9 Å². The van der Waals surface area contributed by atoms with Crippen LogP contribution in [-0.2, 0) is 0 Å². The molecule has 3 aromatic rings. The van der Waals surface area contributed by atoms with Gasteiger partial charge in [-0.1, -0.05) is 5.21 Å². The average Bonchev–Trinajstić information content (AvgIpc) is 3.22. The Hall–Kier alpha value is -3.82. The van der Waals surface area contributed by atoms with Gasteiger partial charge in [-0.15, -0.1) is 5.10 Å². The summed E-state index contributed by atoms with van der Waals surface area (Å²) in [6.45, 7) is 0. The standard InChI is InChI=1S/C18H18N4O6/c1-25-15-6-5-12(9-14(15)22(23)24)21-10-13(19-20-21)11-7-16(26-2)18(28-4)17(8-11)27-3/h5-10H,1-4H3. The third-order valence-electron chi connectivity index (χ3n) is 4.08. The zero-order valence-electron chi connectivity index (χ0n) is 15.7. The molecular weight excluding hydrogens is 368 g/mol. The van der Waals surface area contributed by atoms with E-state index >= 15 is 0 Å². The molecule has 0 unspecified atom stereocenters. The van der Waals surface area contributed by atoms with Gasteiger partial charge >= 0.3 is 5.69 Å². The maximum absolute atomic E-state index is 11.2. The molecule has 0 saturated carbocycles. The van der Waals surface area contributed by atoms with E-state index < -0.39 is 4.92 Å². The number of ether oxygens (including phenoxy) is 4. The molecule has 0 saturated heterocycles. The Kier molecular flexibility index (Phi) is 5.30. The molecule has 2 aromatic carbocycles. The van der Waals surface area contributed by atoms with Gasteiger partial charge in [-0.05, 0) is 24.3 Å². The first-order valence-corrected chi connectivity index (χ1v) is 8.08. The van der Waals surface area contributed by atoms with E-state index in [1.165, 1.54) is 45.3 Å². The Morgan fingerprint density at radius 3 is 2.11 bits per heavy atom. The lowest BCUT2D eigenvalue weighted by Gasteiger charge is -2.13. The summed E-state index contributed by atoms with van der Waals surface area (Å²) in [5.41, 5.74) is 1.52. The summed E-state index contributed by atoms with van der Waals surface area (Å²) in [6.07, 6.45) is 1.65. The first-order valence-electron chi connectivity index (χ1n) is 8.08. The highest BCUT2D eigenvalue weighted by Gasteiger charge is 2.18. The van der Waals surface area contributed by atoms with Crippen molar-refractivity contribution >= 4 is 5.69 Å². The minimum absolute atomic E-state index is 0.162. The second kappa shape index (κ2) is 7.82. The smallest absolute Gasteiger partial charge is 0.313 e. The maximum atomic E-state index is 11.2. The fraction of sp³-hybridized carbons (Fsp3) is 0.222. The molecule has 0 radical (unpaired) electrons. The average molecular weight is 386 g/mol. The minimum Gasteiger partial charge on any atom is -0.493 e. The zero-order valence-corrected chi connectivity index (χ0v) is 15.7. The van der Waals surface area contributed by atoms with Gasteiger partial charge in [0.1, 0.15) is 5.69 Å². The number of hydrogen-bond donors (Lipinski definition) is 0. The van der Waals surface area contributed by atoms with Crippen LogP contribution in [0.15, 0.2) is 36.5 Å². The van der Waals surface area contributed by atoms with E-state index in [1.54, 1.807) is 24.4 Å². The first-order chi connectivity index (χ1) is 13.5. The first kappa shape index (κ1) is 19.0. The molecule has 0 spiro atoms. The molecule has 1 aromatic heterocycles. The van der Waals surface area contributed by atoms with Crippen molar-refractivity contribution in [3.05, 3.63) is 46.6 Å². The van der Waals surface area contributed by atoms with Crippen LogP contribution in [0.25, 0.3) is 16.9 Å². The number of hydrogen-bond acceptors (Lipinski definition) is 8. The fourth-order valence-corrected chi connectivity index (χ4v) is 2.71. The van der Waals surface area contributed by atoms with E-state index in [1.807, 2.05) is 0 Å². The summed E-state index contributed by atoms with van der Waals surface area (Å²) < 4.78 is 22.5. The highest BCUT2D eigenvalue weighted by Crippen LogP contribution is 2.40. The molecule has 3 rings (SSSR count). The Morgan fingerprint density at radius 1 is 0.929 bits per heavy atom. The predicted molar refractivity (Wildman–Crippen MR) is 99.7 cm³/mol. The molecule has 0 atom stereocenters. The van der Waals surface area contributed by atoms with Crippen LogP contribution in [0.5, 0.6) is 23.0 Å². The van der Waals surface area contributed by atoms with E-state index in [0.29, 0.717) is 34.2 Å². The topological polar surface area (TPSA) is 111 Å². The number of aromatic nitrogens is 3. The van der Waals surface area contributed by atoms with Crippen molar-refractivity contribution in [2.24, 2.45) is 0 Å². The Morgan fingerprint density at radius 2 is 1.57 bits per heavy atom. The van der Waals surface area contributed by atoms with Gasteiger partial charge in [-0.25, -0.2) is 4.68 Å². The third kappa shape index (κ3) is 3.39. The van der Waals surface area contributed by atoms with Gasteiger partial charge in [0.05, 0.1) is 45.2 Å². The van der Waals surface area contributed by atoms with Gasteiger partial charge < -0.3 is 18.9 Å². The van der Waals surface area contributed by atoms with Crippen molar-refractivity contribution in [2.45, 2.75) is 0 Å². The number of benzene rings is 2. The van der Waals surface area contributed by atoms with Crippen LogP contribution in [0, 0.1) is 10.1 Å². The third-order valence-corrected chi connectivity index (χ3v) is 4.08. The van der Waals surface area contributed by atoms with Gasteiger partial charge in [0.25, 0.3) is 0 Å². The molecule has 28 heavy (non-hydrogen) atoms. The minimum atomic E-state index is -0.515. The summed E-state index contributed by atoms with van der Waals surface area (Å²) in [6, 6.07) is 8.01. The van der Waals surface area contributed by atoms with E-state index in [-0.39, 0.29) is 11.4 Å². The number of nitro benzene ring substituents is 1. The van der Waals surface area contributed by atoms with E-state index in [9.17, 15) is 10.1 Å². The molecule has 10 nitrogen and oxygen atoms in total. The van der Waals surface area contributed by atoms with Crippen LogP contribution >= 0.6 is 0 Å². The van der Waals surface area contributed by atoms with Crippen LogP contribution in [0.2, 0.25) is 0 Å². The van der Waals surface area contributed by atoms with E-state index in [4.69, 9.17) is 18.9 Å². The van der Waals surface area contributed by atoms with Gasteiger partial charge in [0, 0.05) is 11.6 Å². The zero-order chi connectivity index (χ0) is 20.3. The second-order valence-electron chi connectivity index (χ2n) is 5.58. The molecule has 146 valence electrons. The van der Waals surface area contributed by atoms with Crippen molar-refractivity contribution in [1.82, 2.24) is 15.0 Å². The van der Waals surface area contributed by atoms with Gasteiger partial charge in [0.2, 0.25) is 5.75 Å². The lowest BCUT2D eigenvalue weighted by molar-refractivity contribution is -0.385. The Bertz CT molecular complexity index is 992. The number of methoxy groups -OCH3 is 4. The quantitative estimate of drug-likeness (QED) is 0.450. The molecule has 0 bridgehead atoms. The van der Waals surface area contributed by atoms with Gasteiger partial charge in [-0.3, -0.25) is 10.1 Å². The number of nitrogens with zero attached hydrogens (tertiary/aromatic N) is 4. The van der Waals surface area contributed by atoms with Crippen molar-refractivity contribution in [1.29, 1.82) is 0 Å². The van der Waals surface area contributed by atoms with E-state index in [2.05, 4.69) is 10.3 Å². The molecule has 0 aliphatic carbocycles. The summed E-state index contributed by atoms with van der Waals surface area (Å²) in [4.78, 5) is 10.7. The molecule has 0 N–H and O–H groups in total. The SMILES string of the molecule is COc1ccc(-n2cc(-c3cc(OC)c(OC)c(OC)c3)nn2)cc1[N+](=O)[O-]. The molecule has 10 heteroatoms. The van der Waals surface area contributed by atoms with Crippen LogP contribution in [-0.4, -0.2) is 48.4 Å². The molecular formula is C18H18N4O6. The lowest BCUT2D eigenvalue weighted by atomic mass is 10.1. The monoisotopic (exact) mass is 386 g/mol. The van der Waals surface area contributed by atoms with Crippen molar-refractivity contribution in [3.63, 3.8) is 0 Å². The van der Waals surface area contributed by atoms with E-state index in [0.717, 1.165) is 0 Å². The largest absolute Gasteiger partial charge is 0.493 e. The molecule has 0 aliphatic heterocycles. The fourth-order valence-electron chi connectivity index (χ4n) is 2.71. The summed E-state index contributed by atoms with van der Waals surface area (Å²) in [7, 11) is 5.94. The summed E-state index contributed by atoms with van der Waals surface area (Å²) in [5, 5.41) is 19.4. The van der Waals surface area contributed by atoms with Crippen LogP contribution in [0.3, 0.4) is 0 Å². The highest BCUT2D eigenvalue weighted by atomic mass is 16.6. The molecule has 0 fully saturated rings. The Labute approximate surface area is 160 Å². The van der Waals surface area contributed by atoms with Crippen LogP contribution in [0.1, 0.15) is 0 Å². The Balaban J connectivity index is 2.04.